The molecule has 0 aliphatic carbocycles. The minimum Gasteiger partial charge on any atom is -0.370 e. The van der Waals surface area contributed by atoms with Gasteiger partial charge in [-0.3, -0.25) is 14.4 Å². The van der Waals surface area contributed by atoms with Crippen molar-refractivity contribution in [2.45, 2.75) is 12.3 Å². The van der Waals surface area contributed by atoms with Crippen molar-refractivity contribution in [3.05, 3.63) is 62.0 Å². The Kier molecular flexibility index (Phi) is 10.7. The van der Waals surface area contributed by atoms with Gasteiger partial charge in [-0.25, -0.2) is 4.99 Å². The highest BCUT2D eigenvalue weighted by Gasteiger charge is 2.25. The van der Waals surface area contributed by atoms with Gasteiger partial charge < -0.3 is 37.3 Å². The number of nitrogens with two attached hydrogens (primary N) is 2. The number of nitrogens with one attached hydrogen (secondary N) is 3. The summed E-state index contributed by atoms with van der Waals surface area (Å²) in [4.78, 5) is 41.1. The normalized spacial score (nSPS) is 12.3. The van der Waals surface area contributed by atoms with Crippen LogP contribution >= 0.6 is 39.1 Å². The molecule has 1 unspecified atom stereocenters. The average molecular weight is 590 g/mol. The number of amides is 3. The maximum absolute atomic E-state index is 12.7. The number of nitrogens with zero attached hydrogens (tertiary/aromatic N) is 1. The summed E-state index contributed by atoms with van der Waals surface area (Å²) in [6.07, 6.45) is -1.46. The Morgan fingerprint density at radius 2 is 1.77 bits per heavy atom. The minimum atomic E-state index is -1.46. The minimum absolute atomic E-state index is 0.00798. The third-order valence-electron chi connectivity index (χ3n) is 4.43. The fraction of sp³-hybridized carbons (Fsp3) is 0.238. The van der Waals surface area contributed by atoms with Crippen LogP contribution in [-0.4, -0.2) is 61.3 Å². The molecule has 14 heteroatoms. The Labute approximate surface area is 219 Å². The molecule has 188 valence electrons. The number of guanidine groups is 1. The van der Waals surface area contributed by atoms with Gasteiger partial charge in [-0.1, -0.05) is 45.2 Å². The zero-order valence-corrected chi connectivity index (χ0v) is 21.4. The van der Waals surface area contributed by atoms with Crippen molar-refractivity contribution in [3.63, 3.8) is 0 Å². The summed E-state index contributed by atoms with van der Waals surface area (Å²) in [6, 6.07) is 8.08. The van der Waals surface area contributed by atoms with E-state index in [1.807, 2.05) is 0 Å². The summed E-state index contributed by atoms with van der Waals surface area (Å²) in [5.74, 6) is -1.96. The first-order valence-corrected chi connectivity index (χ1v) is 11.5. The topological polar surface area (TPSA) is 181 Å². The number of halogens is 3. The molecule has 0 radical (unpaired) electrons. The Bertz CT molecular complexity index is 1110. The molecule has 35 heavy (non-hydrogen) atoms. The Morgan fingerprint density at radius 3 is 2.37 bits per heavy atom. The molecule has 0 saturated heterocycles. The summed E-state index contributed by atoms with van der Waals surface area (Å²) in [6.45, 7) is -0.597. The molecule has 2 aromatic rings. The molecule has 2 atom stereocenters. The molecule has 0 bridgehead atoms. The molecule has 8 N–H and O–H groups in total. The van der Waals surface area contributed by atoms with Crippen LogP contribution < -0.4 is 27.4 Å². The fourth-order valence-electron chi connectivity index (χ4n) is 2.80. The molecule has 0 aromatic heterocycles. The number of hydrogen-bond acceptors (Lipinski definition) is 6. The number of methoxy groups -OCH3 is 1. The third kappa shape index (κ3) is 8.67. The molecule has 2 rings (SSSR count). The first-order valence-electron chi connectivity index (χ1n) is 9.92. The number of aliphatic hydroxyl groups excluding tert-OH is 1. The Morgan fingerprint density at radius 1 is 1.11 bits per heavy atom. The van der Waals surface area contributed by atoms with Gasteiger partial charge in [-0.05, 0) is 30.3 Å². The summed E-state index contributed by atoms with van der Waals surface area (Å²) in [5.41, 5.74) is 11.3. The largest absolute Gasteiger partial charge is 0.370 e. The van der Waals surface area contributed by atoms with Gasteiger partial charge in [0.15, 0.2) is 12.2 Å². The molecule has 0 fully saturated rings. The summed E-state index contributed by atoms with van der Waals surface area (Å²) < 4.78 is 5.45. The molecule has 0 heterocycles. The van der Waals surface area contributed by atoms with Crippen LogP contribution in [0.25, 0.3) is 0 Å². The molecule has 0 aliphatic rings. The molecular weight excluding hydrogens is 567 g/mol. The van der Waals surface area contributed by atoms with Crippen molar-refractivity contribution in [1.29, 1.82) is 0 Å². The number of ether oxygens (including phenoxy) is 1. The molecule has 0 aliphatic heterocycles. The van der Waals surface area contributed by atoms with Gasteiger partial charge >= 0.3 is 0 Å². The van der Waals surface area contributed by atoms with Crippen LogP contribution in [0.15, 0.2) is 45.9 Å². The average Bonchev–Trinajstić information content (AvgIpc) is 2.78. The highest BCUT2D eigenvalue weighted by Crippen LogP contribution is 2.29. The number of aliphatic imine (C=N–C) groups is 1. The van der Waals surface area contributed by atoms with Crippen LogP contribution in [0, 0.1) is 0 Å². The van der Waals surface area contributed by atoms with Crippen LogP contribution in [0.2, 0.25) is 10.0 Å². The lowest BCUT2D eigenvalue weighted by molar-refractivity contribution is -0.121. The van der Waals surface area contributed by atoms with Gasteiger partial charge in [0.1, 0.15) is 0 Å². The molecule has 0 spiro atoms. The van der Waals surface area contributed by atoms with E-state index in [1.165, 1.54) is 31.4 Å². The standard InChI is InChI=1S/C21H23BrCl2N6O5/c1-35-20(34)15(30-19(33)17-13(23)6-11(22)7-14(17)24)8-27-16(31)9-28-18(32)10-3-2-4-12(5-10)29-21(25)26/h2-7,15,20,34H,8-9H2,1H3,(H,27,31)(H,28,32)(H,30,33)(H4,25,26,29)/t15-,20?/m0/s1. The quantitative estimate of drug-likeness (QED) is 0.137. The molecule has 0 saturated carbocycles. The summed E-state index contributed by atoms with van der Waals surface area (Å²) >= 11 is 15.4. The van der Waals surface area contributed by atoms with Crippen molar-refractivity contribution in [3.8, 4) is 0 Å². The van der Waals surface area contributed by atoms with Crippen molar-refractivity contribution in [2.75, 3.05) is 20.2 Å². The second-order valence-electron chi connectivity index (χ2n) is 7.02. The number of benzene rings is 2. The molecular formula is C21H23BrCl2N6O5. The number of carbonyl (C=O) groups is 3. The van der Waals surface area contributed by atoms with Gasteiger partial charge in [0, 0.05) is 23.7 Å². The van der Waals surface area contributed by atoms with Crippen LogP contribution in [0.1, 0.15) is 20.7 Å². The van der Waals surface area contributed by atoms with Gasteiger partial charge in [0.25, 0.3) is 11.8 Å². The van der Waals surface area contributed by atoms with E-state index in [2.05, 4.69) is 36.9 Å². The predicted octanol–water partition coefficient (Wildman–Crippen LogP) is 1.27. The lowest BCUT2D eigenvalue weighted by atomic mass is 10.1. The van der Waals surface area contributed by atoms with Crippen molar-refractivity contribution < 1.29 is 24.2 Å². The van der Waals surface area contributed by atoms with Crippen molar-refractivity contribution in [1.82, 2.24) is 16.0 Å². The first kappa shape index (κ1) is 28.3. The number of aliphatic hydroxyl groups is 1. The lowest BCUT2D eigenvalue weighted by Gasteiger charge is -2.24. The van der Waals surface area contributed by atoms with E-state index in [1.54, 1.807) is 12.1 Å². The smallest absolute Gasteiger partial charge is 0.254 e. The number of carbonyl (C=O) groups excluding carboxylic acids is 3. The van der Waals surface area contributed by atoms with Crippen LogP contribution in [0.3, 0.4) is 0 Å². The van der Waals surface area contributed by atoms with Crippen LogP contribution in [0.5, 0.6) is 0 Å². The summed E-state index contributed by atoms with van der Waals surface area (Å²) in [7, 11) is 1.22. The Hall–Kier alpha value is -2.90. The maximum atomic E-state index is 12.7. The maximum Gasteiger partial charge on any atom is 0.254 e. The van der Waals surface area contributed by atoms with E-state index < -0.39 is 30.1 Å². The monoisotopic (exact) mass is 588 g/mol. The SMILES string of the molecule is COC(O)[C@H](CNC(=O)CNC(=O)c1cccc(N=C(N)N)c1)NC(=O)c1c(Cl)cc(Br)cc1Cl. The van der Waals surface area contributed by atoms with Gasteiger partial charge in [-0.2, -0.15) is 0 Å². The van der Waals surface area contributed by atoms with E-state index in [-0.39, 0.29) is 40.2 Å². The van der Waals surface area contributed by atoms with Crippen molar-refractivity contribution >= 4 is 68.5 Å². The van der Waals surface area contributed by atoms with Gasteiger partial charge in [0.05, 0.1) is 33.9 Å². The van der Waals surface area contributed by atoms with E-state index in [0.29, 0.717) is 10.2 Å². The highest BCUT2D eigenvalue weighted by atomic mass is 79.9. The van der Waals surface area contributed by atoms with E-state index in [4.69, 9.17) is 39.4 Å². The molecule has 2 aromatic carbocycles. The van der Waals surface area contributed by atoms with E-state index in [0.717, 1.165) is 0 Å². The predicted molar refractivity (Wildman–Crippen MR) is 136 cm³/mol. The first-order chi connectivity index (χ1) is 16.5. The second-order valence-corrected chi connectivity index (χ2v) is 8.75. The second kappa shape index (κ2) is 13.3. The van der Waals surface area contributed by atoms with E-state index in [9.17, 15) is 19.5 Å². The number of rotatable bonds is 10. The van der Waals surface area contributed by atoms with E-state index >= 15 is 0 Å². The van der Waals surface area contributed by atoms with Gasteiger partial charge in [0.2, 0.25) is 5.91 Å². The van der Waals surface area contributed by atoms with Gasteiger partial charge in [-0.15, -0.1) is 0 Å². The Balaban J connectivity index is 1.96. The number of hydrogen-bond donors (Lipinski definition) is 6. The highest BCUT2D eigenvalue weighted by molar-refractivity contribution is 9.10. The zero-order valence-electron chi connectivity index (χ0n) is 18.3. The summed E-state index contributed by atoms with van der Waals surface area (Å²) in [5, 5.41) is 17.7. The third-order valence-corrected chi connectivity index (χ3v) is 5.49. The van der Waals surface area contributed by atoms with Crippen LogP contribution in [-0.2, 0) is 9.53 Å². The zero-order chi connectivity index (χ0) is 26.1. The fourth-order valence-corrected chi connectivity index (χ4v) is 4.18. The van der Waals surface area contributed by atoms with Crippen molar-refractivity contribution in [2.24, 2.45) is 16.5 Å². The molecule has 11 nitrogen and oxygen atoms in total. The molecule has 3 amide bonds. The van der Waals surface area contributed by atoms with Crippen LogP contribution in [0.4, 0.5) is 5.69 Å². The lowest BCUT2D eigenvalue weighted by Crippen LogP contribution is -2.52.